The summed E-state index contributed by atoms with van der Waals surface area (Å²) in [5, 5.41) is 25.4. The first-order chi connectivity index (χ1) is 9.38. The number of carbonyl (C=O) groups excluding carboxylic acids is 1. The highest BCUT2D eigenvalue weighted by Crippen LogP contribution is 2.23. The SMILES string of the molecule is CC1CC(C(=O)O)CN(C(=O)c2cc([N+](=O)[O-])[nH]n2)C1. The first-order valence-corrected chi connectivity index (χ1v) is 6.10. The molecule has 1 amide bonds. The molecule has 1 saturated heterocycles. The highest BCUT2D eigenvalue weighted by molar-refractivity contribution is 5.93. The summed E-state index contributed by atoms with van der Waals surface area (Å²) in [7, 11) is 0. The predicted molar refractivity (Wildman–Crippen MR) is 66.1 cm³/mol. The van der Waals surface area contributed by atoms with Gasteiger partial charge in [0.25, 0.3) is 5.91 Å². The summed E-state index contributed by atoms with van der Waals surface area (Å²) in [6.07, 6.45) is 0.514. The van der Waals surface area contributed by atoms with Gasteiger partial charge in [0.2, 0.25) is 0 Å². The van der Waals surface area contributed by atoms with E-state index in [1.165, 1.54) is 4.90 Å². The molecule has 1 aromatic heterocycles. The Hall–Kier alpha value is -2.45. The number of aliphatic carboxylic acids is 1. The zero-order valence-electron chi connectivity index (χ0n) is 10.8. The van der Waals surface area contributed by atoms with Crippen LogP contribution in [0.3, 0.4) is 0 Å². The van der Waals surface area contributed by atoms with Gasteiger partial charge in [0.15, 0.2) is 5.69 Å². The molecular formula is C11H14N4O5. The highest BCUT2D eigenvalue weighted by atomic mass is 16.6. The van der Waals surface area contributed by atoms with Gasteiger partial charge in [-0.2, -0.15) is 0 Å². The summed E-state index contributed by atoms with van der Waals surface area (Å²) in [4.78, 5) is 34.5. The normalized spacial score (nSPS) is 22.6. The molecule has 0 radical (unpaired) electrons. The van der Waals surface area contributed by atoms with Crippen molar-refractivity contribution in [1.29, 1.82) is 0 Å². The van der Waals surface area contributed by atoms with Crippen molar-refractivity contribution >= 4 is 17.7 Å². The number of piperidine rings is 1. The fraction of sp³-hybridized carbons (Fsp3) is 0.545. The molecule has 1 fully saturated rings. The molecule has 108 valence electrons. The number of H-pyrrole nitrogens is 1. The van der Waals surface area contributed by atoms with E-state index in [0.29, 0.717) is 13.0 Å². The van der Waals surface area contributed by atoms with E-state index >= 15 is 0 Å². The van der Waals surface area contributed by atoms with Crippen LogP contribution in [0.15, 0.2) is 6.07 Å². The van der Waals surface area contributed by atoms with E-state index in [1.807, 2.05) is 6.92 Å². The zero-order valence-corrected chi connectivity index (χ0v) is 10.8. The summed E-state index contributed by atoms with van der Waals surface area (Å²) in [6, 6.07) is 1.05. The number of nitro groups is 1. The standard InChI is InChI=1S/C11H14N4O5/c1-6-2-7(11(17)18)5-14(4-6)10(16)8-3-9(13-12-8)15(19)20/h3,6-7H,2,4-5H2,1H3,(H,12,13)(H,17,18). The number of amides is 1. The molecule has 0 bridgehead atoms. The Morgan fingerprint density at radius 3 is 2.80 bits per heavy atom. The van der Waals surface area contributed by atoms with E-state index in [-0.39, 0.29) is 24.0 Å². The van der Waals surface area contributed by atoms with Crippen molar-refractivity contribution in [1.82, 2.24) is 15.1 Å². The maximum Gasteiger partial charge on any atom is 0.343 e. The summed E-state index contributed by atoms with van der Waals surface area (Å²) >= 11 is 0. The summed E-state index contributed by atoms with van der Waals surface area (Å²) < 4.78 is 0. The number of carboxylic acids is 1. The van der Waals surface area contributed by atoms with Gasteiger partial charge in [0.05, 0.1) is 12.0 Å². The van der Waals surface area contributed by atoms with Crippen LogP contribution in [0.4, 0.5) is 5.82 Å². The van der Waals surface area contributed by atoms with Gasteiger partial charge >= 0.3 is 11.8 Å². The van der Waals surface area contributed by atoms with E-state index in [0.717, 1.165) is 6.07 Å². The van der Waals surface area contributed by atoms with Crippen molar-refractivity contribution in [3.8, 4) is 0 Å². The number of likely N-dealkylation sites (tertiary alicyclic amines) is 1. The summed E-state index contributed by atoms with van der Waals surface area (Å²) in [5.41, 5.74) is -0.0741. The molecule has 20 heavy (non-hydrogen) atoms. The maximum atomic E-state index is 12.2. The molecule has 1 aliphatic heterocycles. The van der Waals surface area contributed by atoms with Crippen LogP contribution in [-0.2, 0) is 4.79 Å². The minimum Gasteiger partial charge on any atom is -0.481 e. The number of hydrogen-bond donors (Lipinski definition) is 2. The lowest BCUT2D eigenvalue weighted by atomic mass is 9.90. The number of carboxylic acid groups (broad SMARTS) is 1. The minimum atomic E-state index is -0.942. The van der Waals surface area contributed by atoms with Gasteiger partial charge in [-0.3, -0.25) is 9.59 Å². The predicted octanol–water partition coefficient (Wildman–Crippen LogP) is 0.501. The fourth-order valence-electron chi connectivity index (χ4n) is 2.37. The molecule has 2 N–H and O–H groups in total. The number of aromatic amines is 1. The maximum absolute atomic E-state index is 12.2. The average Bonchev–Trinajstić information content (AvgIpc) is 2.86. The number of hydrogen-bond acceptors (Lipinski definition) is 5. The van der Waals surface area contributed by atoms with Gasteiger partial charge in [0, 0.05) is 13.1 Å². The second-order valence-electron chi connectivity index (χ2n) is 4.98. The number of carbonyl (C=O) groups is 2. The molecule has 2 unspecified atom stereocenters. The quantitative estimate of drug-likeness (QED) is 0.613. The van der Waals surface area contributed by atoms with Gasteiger partial charge in [0.1, 0.15) is 0 Å². The highest BCUT2D eigenvalue weighted by Gasteiger charge is 2.33. The van der Waals surface area contributed by atoms with Crippen LogP contribution >= 0.6 is 0 Å². The number of nitrogens with zero attached hydrogens (tertiary/aromatic N) is 3. The molecule has 0 spiro atoms. The van der Waals surface area contributed by atoms with Crippen molar-refractivity contribution < 1.29 is 19.6 Å². The van der Waals surface area contributed by atoms with E-state index in [9.17, 15) is 19.7 Å². The lowest BCUT2D eigenvalue weighted by Gasteiger charge is -2.34. The Bertz CT molecular complexity index is 555. The number of aromatic nitrogens is 2. The summed E-state index contributed by atoms with van der Waals surface area (Å²) in [5.74, 6) is -2.36. The van der Waals surface area contributed by atoms with Gasteiger partial charge in [-0.25, -0.2) is 0 Å². The molecule has 2 heterocycles. The van der Waals surface area contributed by atoms with Gasteiger partial charge in [-0.1, -0.05) is 12.0 Å². The average molecular weight is 282 g/mol. The Morgan fingerprint density at radius 1 is 1.55 bits per heavy atom. The van der Waals surface area contributed by atoms with E-state index in [2.05, 4.69) is 10.2 Å². The van der Waals surface area contributed by atoms with Crippen LogP contribution in [-0.4, -0.2) is 50.1 Å². The van der Waals surface area contributed by atoms with Crippen LogP contribution in [0.1, 0.15) is 23.8 Å². The third-order valence-electron chi connectivity index (χ3n) is 3.28. The van der Waals surface area contributed by atoms with Crippen LogP contribution in [0.5, 0.6) is 0 Å². The molecule has 2 rings (SSSR count). The molecular weight excluding hydrogens is 268 g/mol. The first-order valence-electron chi connectivity index (χ1n) is 6.10. The molecule has 1 aromatic rings. The molecule has 2 atom stereocenters. The Labute approximate surface area is 113 Å². The number of nitrogens with one attached hydrogen (secondary N) is 1. The van der Waals surface area contributed by atoms with Crippen molar-refractivity contribution in [3.05, 3.63) is 21.9 Å². The fourth-order valence-corrected chi connectivity index (χ4v) is 2.37. The van der Waals surface area contributed by atoms with Gasteiger partial charge < -0.3 is 20.1 Å². The van der Waals surface area contributed by atoms with Crippen LogP contribution in [0, 0.1) is 22.0 Å². The lowest BCUT2D eigenvalue weighted by molar-refractivity contribution is -0.389. The molecule has 9 heteroatoms. The van der Waals surface area contributed by atoms with Gasteiger partial charge in [-0.15, -0.1) is 5.10 Å². The molecule has 9 nitrogen and oxygen atoms in total. The third kappa shape index (κ3) is 2.76. The van der Waals surface area contributed by atoms with Crippen LogP contribution in [0.25, 0.3) is 0 Å². The monoisotopic (exact) mass is 282 g/mol. The van der Waals surface area contributed by atoms with E-state index < -0.39 is 22.7 Å². The Balaban J connectivity index is 2.14. The first kappa shape index (κ1) is 14.0. The lowest BCUT2D eigenvalue weighted by Crippen LogP contribution is -2.45. The minimum absolute atomic E-state index is 0.0581. The Kier molecular flexibility index (Phi) is 3.68. The molecule has 1 aliphatic rings. The topological polar surface area (TPSA) is 129 Å². The van der Waals surface area contributed by atoms with E-state index in [1.54, 1.807) is 0 Å². The van der Waals surface area contributed by atoms with Crippen molar-refractivity contribution in [3.63, 3.8) is 0 Å². The van der Waals surface area contributed by atoms with Crippen molar-refractivity contribution in [2.45, 2.75) is 13.3 Å². The van der Waals surface area contributed by atoms with Crippen molar-refractivity contribution in [2.24, 2.45) is 11.8 Å². The Morgan fingerprint density at radius 2 is 2.25 bits per heavy atom. The summed E-state index contributed by atoms with van der Waals surface area (Å²) in [6.45, 7) is 2.38. The van der Waals surface area contributed by atoms with E-state index in [4.69, 9.17) is 5.11 Å². The smallest absolute Gasteiger partial charge is 0.343 e. The second-order valence-corrected chi connectivity index (χ2v) is 4.98. The zero-order chi connectivity index (χ0) is 14.9. The largest absolute Gasteiger partial charge is 0.481 e. The number of rotatable bonds is 3. The van der Waals surface area contributed by atoms with Crippen LogP contribution < -0.4 is 0 Å². The molecule has 0 aliphatic carbocycles. The van der Waals surface area contributed by atoms with Crippen molar-refractivity contribution in [2.75, 3.05) is 13.1 Å². The van der Waals surface area contributed by atoms with Crippen LogP contribution in [0.2, 0.25) is 0 Å². The van der Waals surface area contributed by atoms with Gasteiger partial charge in [-0.05, 0) is 17.3 Å². The molecule has 0 aromatic carbocycles. The third-order valence-corrected chi connectivity index (χ3v) is 3.28. The molecule has 0 saturated carbocycles. The second kappa shape index (κ2) is 5.27.